The molecule has 1 heteroatoms. The van der Waals surface area contributed by atoms with Crippen LogP contribution in [0.1, 0.15) is 97.3 Å². The highest BCUT2D eigenvalue weighted by molar-refractivity contribution is 9.09. The summed E-state index contributed by atoms with van der Waals surface area (Å²) in [5, 5.41) is 1.17. The molecule has 0 atom stereocenters. The van der Waals surface area contributed by atoms with E-state index < -0.39 is 0 Å². The molecule has 0 radical (unpaired) electrons. The van der Waals surface area contributed by atoms with Crippen LogP contribution >= 0.6 is 15.9 Å². The largest absolute Gasteiger partial charge is 0.0928 e. The predicted molar refractivity (Wildman–Crippen MR) is 107 cm³/mol. The van der Waals surface area contributed by atoms with Crippen molar-refractivity contribution >= 4 is 15.9 Å². The Labute approximate surface area is 149 Å². The van der Waals surface area contributed by atoms with Crippen molar-refractivity contribution in [2.75, 3.05) is 5.33 Å². The van der Waals surface area contributed by atoms with E-state index in [9.17, 15) is 0 Å². The Balaban J connectivity index is 3.11. The van der Waals surface area contributed by atoms with Crippen molar-refractivity contribution < 1.29 is 0 Å². The van der Waals surface area contributed by atoms with Crippen LogP contribution in [0.3, 0.4) is 0 Å². The van der Waals surface area contributed by atoms with Gasteiger partial charge in [-0.3, -0.25) is 0 Å². The normalized spacial score (nSPS) is 12.2. The second-order valence-electron chi connectivity index (χ2n) is 6.73. The van der Waals surface area contributed by atoms with Gasteiger partial charge in [0.15, 0.2) is 0 Å². The first-order valence-corrected chi connectivity index (χ1v) is 10.8. The Kier molecular flexibility index (Phi) is 19.0. The lowest BCUT2D eigenvalue weighted by Crippen LogP contribution is -1.80. The summed E-state index contributed by atoms with van der Waals surface area (Å²) >= 11 is 3.48. The maximum absolute atomic E-state index is 3.48. The predicted octanol–water partition coefficient (Wildman–Crippen LogP) is 8.22. The van der Waals surface area contributed by atoms with E-state index in [-0.39, 0.29) is 0 Å². The van der Waals surface area contributed by atoms with E-state index in [4.69, 9.17) is 0 Å². The van der Waals surface area contributed by atoms with E-state index >= 15 is 0 Å². The number of unbranched alkanes of at least 4 members (excludes halogenated alkanes) is 11. The van der Waals surface area contributed by atoms with Gasteiger partial charge in [0.05, 0.1) is 0 Å². The lowest BCUT2D eigenvalue weighted by molar-refractivity contribution is 0.619. The summed E-state index contributed by atoms with van der Waals surface area (Å²) in [6.07, 6.45) is 27.2. The van der Waals surface area contributed by atoms with Gasteiger partial charge in [0.2, 0.25) is 0 Å². The quantitative estimate of drug-likeness (QED) is 0.146. The zero-order valence-electron chi connectivity index (χ0n) is 15.2. The summed E-state index contributed by atoms with van der Waals surface area (Å²) in [6, 6.07) is 0. The van der Waals surface area contributed by atoms with Gasteiger partial charge in [-0.05, 0) is 50.9 Å². The van der Waals surface area contributed by atoms with Gasteiger partial charge < -0.3 is 0 Å². The maximum atomic E-state index is 3.48. The van der Waals surface area contributed by atoms with Gasteiger partial charge >= 0.3 is 0 Å². The second-order valence-corrected chi connectivity index (χ2v) is 7.53. The summed E-state index contributed by atoms with van der Waals surface area (Å²) in [4.78, 5) is 0. The zero-order chi connectivity index (χ0) is 16.3. The Bertz CT molecular complexity index is 253. The molecule has 0 saturated heterocycles. The van der Waals surface area contributed by atoms with E-state index in [0.29, 0.717) is 5.92 Å². The van der Waals surface area contributed by atoms with E-state index in [1.54, 1.807) is 0 Å². The molecule has 0 aromatic carbocycles. The molecule has 0 amide bonds. The lowest BCUT2D eigenvalue weighted by Gasteiger charge is -1.99. The third-order valence-electron chi connectivity index (χ3n) is 3.93. The molecule has 0 heterocycles. The minimum absolute atomic E-state index is 0.709. The molecule has 0 aromatic heterocycles. The summed E-state index contributed by atoms with van der Waals surface area (Å²) in [7, 11) is 0. The molecule has 0 aromatic rings. The molecule has 0 aliphatic heterocycles. The van der Waals surface area contributed by atoms with E-state index in [0.717, 1.165) is 0 Å². The van der Waals surface area contributed by atoms with Gasteiger partial charge in [0.1, 0.15) is 0 Å². The van der Waals surface area contributed by atoms with Gasteiger partial charge in [-0.25, -0.2) is 0 Å². The average molecular weight is 371 g/mol. The van der Waals surface area contributed by atoms with Crippen molar-refractivity contribution in [3.8, 4) is 0 Å². The molecule has 0 fully saturated rings. The lowest BCUT2D eigenvalue weighted by atomic mass is 10.1. The Morgan fingerprint density at radius 1 is 0.591 bits per heavy atom. The summed E-state index contributed by atoms with van der Waals surface area (Å²) in [6.45, 7) is 4.49. The van der Waals surface area contributed by atoms with Gasteiger partial charge in [0, 0.05) is 5.33 Å². The van der Waals surface area contributed by atoms with Crippen molar-refractivity contribution in [1.29, 1.82) is 0 Å². The summed E-state index contributed by atoms with van der Waals surface area (Å²) < 4.78 is 0. The molecule has 0 aliphatic carbocycles. The van der Waals surface area contributed by atoms with Crippen LogP contribution < -0.4 is 0 Å². The first-order chi connectivity index (χ1) is 10.8. The van der Waals surface area contributed by atoms with Gasteiger partial charge in [-0.1, -0.05) is 92.6 Å². The molecule has 0 rings (SSSR count). The Morgan fingerprint density at radius 2 is 1.00 bits per heavy atom. The molecule has 0 saturated carbocycles. The molecule has 0 bridgehead atoms. The van der Waals surface area contributed by atoms with Crippen LogP contribution in [-0.2, 0) is 0 Å². The van der Waals surface area contributed by atoms with Crippen LogP contribution in [0.15, 0.2) is 24.3 Å². The van der Waals surface area contributed by atoms with Gasteiger partial charge in [-0.15, -0.1) is 0 Å². The fourth-order valence-electron chi connectivity index (χ4n) is 2.55. The summed E-state index contributed by atoms with van der Waals surface area (Å²) in [5.41, 5.74) is 0. The van der Waals surface area contributed by atoms with Crippen molar-refractivity contribution in [1.82, 2.24) is 0 Å². The highest BCUT2D eigenvalue weighted by Crippen LogP contribution is 2.10. The molecule has 0 nitrogen and oxygen atoms in total. The van der Waals surface area contributed by atoms with Gasteiger partial charge in [-0.2, -0.15) is 0 Å². The number of halogens is 1. The number of allylic oxidation sites excluding steroid dienone is 4. The van der Waals surface area contributed by atoms with Crippen LogP contribution in [0, 0.1) is 5.92 Å². The van der Waals surface area contributed by atoms with Crippen LogP contribution in [-0.4, -0.2) is 5.33 Å². The molecular formula is C21H39Br. The molecular weight excluding hydrogens is 332 g/mol. The molecule has 130 valence electrons. The monoisotopic (exact) mass is 370 g/mol. The van der Waals surface area contributed by atoms with Crippen molar-refractivity contribution in [2.45, 2.75) is 97.3 Å². The Morgan fingerprint density at radius 3 is 1.45 bits per heavy atom. The van der Waals surface area contributed by atoms with Crippen molar-refractivity contribution in [2.24, 2.45) is 5.92 Å². The maximum Gasteiger partial charge on any atom is 0.00313 e. The number of hydrogen-bond donors (Lipinski definition) is 0. The van der Waals surface area contributed by atoms with Crippen molar-refractivity contribution in [3.05, 3.63) is 24.3 Å². The number of rotatable bonds is 16. The highest BCUT2D eigenvalue weighted by atomic mass is 79.9. The van der Waals surface area contributed by atoms with Crippen LogP contribution in [0.2, 0.25) is 0 Å². The van der Waals surface area contributed by atoms with E-state index in [1.807, 2.05) is 0 Å². The second kappa shape index (κ2) is 19.0. The molecule has 0 unspecified atom stereocenters. The summed E-state index contributed by atoms with van der Waals surface area (Å²) in [5.74, 6) is 0.709. The highest BCUT2D eigenvalue weighted by Gasteiger charge is 1.90. The fourth-order valence-corrected chi connectivity index (χ4v) is 2.94. The topological polar surface area (TPSA) is 0 Å². The number of alkyl halides is 1. The van der Waals surface area contributed by atoms with Crippen molar-refractivity contribution in [3.63, 3.8) is 0 Å². The molecule has 0 spiro atoms. The van der Waals surface area contributed by atoms with Crippen LogP contribution in [0.4, 0.5) is 0 Å². The van der Waals surface area contributed by atoms with Crippen LogP contribution in [0.25, 0.3) is 0 Å². The molecule has 22 heavy (non-hydrogen) atoms. The smallest absolute Gasteiger partial charge is 0.00313 e. The molecule has 0 N–H and O–H groups in total. The number of hydrogen-bond acceptors (Lipinski definition) is 0. The third kappa shape index (κ3) is 20.0. The minimum atomic E-state index is 0.709. The first kappa shape index (κ1) is 22.0. The minimum Gasteiger partial charge on any atom is -0.0928 e. The van der Waals surface area contributed by atoms with E-state index in [2.05, 4.69) is 54.1 Å². The van der Waals surface area contributed by atoms with E-state index in [1.165, 1.54) is 88.8 Å². The fraction of sp³-hybridized carbons (Fsp3) is 0.810. The van der Waals surface area contributed by atoms with Gasteiger partial charge in [0.25, 0.3) is 0 Å². The molecule has 0 aliphatic rings. The first-order valence-electron chi connectivity index (χ1n) is 9.65. The third-order valence-corrected chi connectivity index (χ3v) is 4.49. The zero-order valence-corrected chi connectivity index (χ0v) is 16.8. The SMILES string of the molecule is CC(C)/C=C/CCCCCCC/C=C/CCCCCCCBr. The average Bonchev–Trinajstić information content (AvgIpc) is 2.50. The standard InChI is InChI=1S/C21H39Br/c1-21(2)19-17-15-13-11-9-7-5-3-4-6-8-10-12-14-16-18-20-22/h4,6,17,19,21H,3,5,7-16,18,20H2,1-2H3/b6-4+,19-17+. The Hall–Kier alpha value is -0.0400. The van der Waals surface area contributed by atoms with Crippen LogP contribution in [0.5, 0.6) is 0 Å².